The molecule has 0 spiro atoms. The number of carboxylic acids is 1. The van der Waals surface area contributed by atoms with Crippen molar-refractivity contribution in [1.82, 2.24) is 45.3 Å². The second-order valence-corrected chi connectivity index (χ2v) is 23.7. The van der Waals surface area contributed by atoms with Crippen LogP contribution < -0.4 is 38.9 Å². The van der Waals surface area contributed by atoms with Crippen molar-refractivity contribution >= 4 is 52.6 Å². The van der Waals surface area contributed by atoms with E-state index in [0.717, 1.165) is 36.0 Å². The summed E-state index contributed by atoms with van der Waals surface area (Å²) in [6.45, 7) is 11.2. The summed E-state index contributed by atoms with van der Waals surface area (Å²) in [6, 6.07) is 33.6. The Morgan fingerprint density at radius 3 is 1.09 bits per heavy atom. The number of aryl methyl sites for hydroxylation is 3. The molecular formula is C72H78F3N13O11. The zero-order valence-electron chi connectivity index (χ0n) is 54.2. The van der Waals surface area contributed by atoms with E-state index in [0.29, 0.717) is 107 Å². The number of hydrogen-bond acceptors (Lipinski definition) is 16. The van der Waals surface area contributed by atoms with E-state index in [1.807, 2.05) is 12.1 Å². The Labute approximate surface area is 568 Å². The molecule has 3 aliphatic rings. The fourth-order valence-electron chi connectivity index (χ4n) is 11.5. The molecule has 3 fully saturated rings. The van der Waals surface area contributed by atoms with Crippen molar-refractivity contribution in [3.8, 4) is 17.1 Å². The molecule has 3 saturated heterocycles. The number of carboxylic acid groups (broad SMARTS) is 1. The number of rotatable bonds is 19. The van der Waals surface area contributed by atoms with Crippen molar-refractivity contribution in [2.75, 3.05) is 63.4 Å². The summed E-state index contributed by atoms with van der Waals surface area (Å²) in [4.78, 5) is 73.8. The number of esters is 1. The molecule has 0 bridgehead atoms. The highest BCUT2D eigenvalue weighted by Crippen LogP contribution is 2.36. The van der Waals surface area contributed by atoms with Gasteiger partial charge in [0.25, 0.3) is 23.6 Å². The smallest absolute Gasteiger partial charge is 0.359 e. The molecule has 24 nitrogen and oxygen atoms in total. The van der Waals surface area contributed by atoms with Crippen LogP contribution in [0.2, 0.25) is 0 Å². The average Bonchev–Trinajstić information content (AvgIpc) is 1.65. The van der Waals surface area contributed by atoms with E-state index in [9.17, 15) is 47.0 Å². The number of hydrogen-bond donors (Lipinski definition) is 8. The first-order valence-corrected chi connectivity index (χ1v) is 31.6. The highest BCUT2D eigenvalue weighted by molar-refractivity contribution is 5.99. The van der Waals surface area contributed by atoms with E-state index in [2.05, 4.69) is 31.2 Å². The third kappa shape index (κ3) is 16.8. The van der Waals surface area contributed by atoms with Crippen LogP contribution >= 0.6 is 0 Å². The quantitative estimate of drug-likeness (QED) is 0.0349. The SMILES string of the molecule is C.CCOC(=O)c1c(N)c(C2CCOC2)nn1-c1ccc(CNC(=O)c2cc(F)ccc2C)cc1.Cc1ccc(F)cc1C(=O)NCc1ccc(-n2nc(C3CCOC3)c(N)c2C(=O)O)cc1.Cc1ccc(F)cc1C(=O)NCc1ccc(-n2nc(C3CCOC3)c(N)c2C(N)=O)cc1. The number of anilines is 3. The number of halogens is 3. The first-order valence-electron chi connectivity index (χ1n) is 31.6. The number of ether oxygens (including phenoxy) is 4. The number of nitrogens with zero attached hydrogens (tertiary/aromatic N) is 6. The molecule has 6 heterocycles. The van der Waals surface area contributed by atoms with Gasteiger partial charge in [-0.1, -0.05) is 62.0 Å². The molecule has 27 heteroatoms. The highest BCUT2D eigenvalue weighted by atomic mass is 19.1. The molecule has 3 aromatic heterocycles. The van der Waals surface area contributed by atoms with Crippen LogP contribution in [-0.2, 0) is 38.6 Å². The molecule has 4 amide bonds. The summed E-state index contributed by atoms with van der Waals surface area (Å²) >= 11 is 0. The largest absolute Gasteiger partial charge is 0.476 e. The molecule has 0 saturated carbocycles. The monoisotopic (exact) mass is 1360 g/mol. The van der Waals surface area contributed by atoms with Gasteiger partial charge < -0.3 is 62.9 Å². The number of nitrogens with one attached hydrogen (secondary N) is 3. The Morgan fingerprint density at radius 1 is 0.495 bits per heavy atom. The molecular weight excluding hydrogens is 1280 g/mol. The number of nitrogens with two attached hydrogens (primary N) is 4. The highest BCUT2D eigenvalue weighted by Gasteiger charge is 2.33. The van der Waals surface area contributed by atoms with Crippen LogP contribution in [0.1, 0.15) is 164 Å². The fraction of sp³-hybridized carbons (Fsp3) is 0.292. The summed E-state index contributed by atoms with van der Waals surface area (Å²) in [5.74, 6) is -4.83. The summed E-state index contributed by atoms with van der Waals surface area (Å²) in [5, 5.41) is 31.7. The number of benzene rings is 6. The Bertz CT molecular complexity index is 4240. The minimum absolute atomic E-state index is 0. The van der Waals surface area contributed by atoms with Crippen molar-refractivity contribution in [3.05, 3.63) is 229 Å². The lowest BCUT2D eigenvalue weighted by molar-refractivity contribution is 0.0515. The lowest BCUT2D eigenvalue weighted by Crippen LogP contribution is -2.23. The first kappa shape index (κ1) is 72.1. The molecule has 3 atom stereocenters. The normalized spacial score (nSPS) is 15.4. The van der Waals surface area contributed by atoms with Crippen LogP contribution in [0.25, 0.3) is 17.1 Å². The fourth-order valence-corrected chi connectivity index (χ4v) is 11.5. The molecule has 3 aliphatic heterocycles. The topological polar surface area (TPSA) is 353 Å². The maximum Gasteiger partial charge on any atom is 0.359 e. The average molecular weight is 1360 g/mol. The van der Waals surface area contributed by atoms with Gasteiger partial charge in [0.2, 0.25) is 0 Å². The predicted molar refractivity (Wildman–Crippen MR) is 364 cm³/mol. The van der Waals surface area contributed by atoms with Crippen LogP contribution in [0.5, 0.6) is 0 Å². The van der Waals surface area contributed by atoms with E-state index >= 15 is 0 Å². The minimum Gasteiger partial charge on any atom is -0.476 e. The zero-order chi connectivity index (χ0) is 69.9. The van der Waals surface area contributed by atoms with Gasteiger partial charge in [0.05, 0.1) is 77.6 Å². The van der Waals surface area contributed by atoms with E-state index < -0.39 is 35.3 Å². The van der Waals surface area contributed by atoms with Gasteiger partial charge in [0, 0.05) is 73.9 Å². The second-order valence-electron chi connectivity index (χ2n) is 23.7. The van der Waals surface area contributed by atoms with Crippen molar-refractivity contribution in [2.45, 2.75) is 91.8 Å². The Morgan fingerprint density at radius 2 is 0.798 bits per heavy atom. The molecule has 0 radical (unpaired) electrons. The number of carbonyl (C=O) groups excluding carboxylic acids is 5. The summed E-state index contributed by atoms with van der Waals surface area (Å²) in [7, 11) is 0. The lowest BCUT2D eigenvalue weighted by atomic mass is 10.0. The molecule has 99 heavy (non-hydrogen) atoms. The number of carbonyl (C=O) groups is 6. The van der Waals surface area contributed by atoms with Gasteiger partial charge in [-0.2, -0.15) is 15.3 Å². The predicted octanol–water partition coefficient (Wildman–Crippen LogP) is 9.62. The van der Waals surface area contributed by atoms with Crippen molar-refractivity contribution in [3.63, 3.8) is 0 Å². The molecule has 518 valence electrons. The van der Waals surface area contributed by atoms with Gasteiger partial charge in [0.15, 0.2) is 17.1 Å². The van der Waals surface area contributed by atoms with Gasteiger partial charge in [0.1, 0.15) is 17.5 Å². The van der Waals surface area contributed by atoms with Gasteiger partial charge in [-0.15, -0.1) is 0 Å². The van der Waals surface area contributed by atoms with Gasteiger partial charge >= 0.3 is 11.9 Å². The van der Waals surface area contributed by atoms with Gasteiger partial charge in [-0.05, 0) is 153 Å². The number of amides is 4. The second kappa shape index (κ2) is 32.3. The number of primary amides is 1. The standard InChI is InChI=1S/C25H27FN4O4.C23H24FN5O3.C23H23FN4O4.CH4/c1-3-34-25(32)23-21(27)22(17-10-11-33-14-17)29-30(23)19-8-5-16(6-9-19)13-28-24(31)20-12-18(26)7-4-15(20)2;1-13-2-5-16(24)10-18(13)23(31)27-11-14-3-6-17(7-4-14)29-21(22(26)30)19(25)20(28-29)15-8-9-32-12-15;1-13-2-5-16(24)10-18(13)22(29)26-11-14-3-6-17(7-4-14)28-21(23(30)31)19(25)20(27-28)15-8-9-32-12-15;/h4-9,12,17H,3,10-11,13-14,27H2,1-2H3,(H,28,31);2-7,10,15H,8-9,11-12,25H2,1H3,(H2,26,30)(H,27,31);2-7,10,15H,8-9,11-12,25H2,1H3,(H,26,29)(H,30,31);1H4. The number of aromatic nitrogens is 6. The Kier molecular flexibility index (Phi) is 23.5. The van der Waals surface area contributed by atoms with Crippen LogP contribution in [0.15, 0.2) is 127 Å². The van der Waals surface area contributed by atoms with E-state index in [1.54, 1.807) is 107 Å². The van der Waals surface area contributed by atoms with Gasteiger partial charge in [-0.3, -0.25) is 19.2 Å². The maximum absolute atomic E-state index is 13.5. The zero-order valence-corrected chi connectivity index (χ0v) is 54.2. The number of nitrogen functional groups attached to an aromatic ring is 3. The molecule has 12 N–H and O–H groups in total. The van der Waals surface area contributed by atoms with Crippen molar-refractivity contribution in [2.24, 2.45) is 5.73 Å². The molecule has 12 rings (SSSR count). The molecule has 6 aromatic carbocycles. The third-order valence-corrected chi connectivity index (χ3v) is 16.9. The lowest BCUT2D eigenvalue weighted by Gasteiger charge is -2.10. The minimum atomic E-state index is -1.16. The summed E-state index contributed by atoms with van der Waals surface area (Å²) < 4.78 is 66.1. The van der Waals surface area contributed by atoms with Crippen molar-refractivity contribution in [1.29, 1.82) is 0 Å². The van der Waals surface area contributed by atoms with E-state index in [4.69, 9.17) is 41.9 Å². The van der Waals surface area contributed by atoms with Crippen molar-refractivity contribution < 1.29 is 66.0 Å². The molecule has 3 unspecified atom stereocenters. The first-order chi connectivity index (χ1) is 47.1. The van der Waals surface area contributed by atoms with Crippen LogP contribution in [0, 0.1) is 38.2 Å². The van der Waals surface area contributed by atoms with Crippen LogP contribution in [0.4, 0.5) is 30.2 Å². The van der Waals surface area contributed by atoms with E-state index in [1.165, 1.54) is 50.4 Å². The van der Waals surface area contributed by atoms with Crippen LogP contribution in [0.3, 0.4) is 0 Å². The summed E-state index contributed by atoms with van der Waals surface area (Å²) in [6.07, 6.45) is 2.30. The van der Waals surface area contributed by atoms with Crippen LogP contribution in [-0.4, -0.2) is 116 Å². The maximum atomic E-state index is 13.5. The molecule has 0 aliphatic carbocycles. The Hall–Kier alpha value is -11.2. The Balaban J connectivity index is 0.000000173. The third-order valence-electron chi connectivity index (χ3n) is 16.9. The van der Waals surface area contributed by atoms with Gasteiger partial charge in [-0.25, -0.2) is 36.8 Å². The molecule has 9 aromatic rings. The number of aromatic carboxylic acids is 1. The summed E-state index contributed by atoms with van der Waals surface area (Å²) in [5.41, 5.74) is 34.1. The van der Waals surface area contributed by atoms with E-state index in [-0.39, 0.29) is 103 Å².